The molecule has 164 valence electrons. The monoisotopic (exact) mass is 450 g/mol. The van der Waals surface area contributed by atoms with E-state index in [1.165, 1.54) is 11.4 Å². The van der Waals surface area contributed by atoms with E-state index in [4.69, 9.17) is 4.74 Å². The smallest absolute Gasteiger partial charge is 0.338 e. The summed E-state index contributed by atoms with van der Waals surface area (Å²) in [6.45, 7) is 3.77. The third-order valence-electron chi connectivity index (χ3n) is 5.55. The van der Waals surface area contributed by atoms with Crippen LogP contribution in [0.3, 0.4) is 0 Å². The Kier molecular flexibility index (Phi) is 5.48. The van der Waals surface area contributed by atoms with Gasteiger partial charge in [0.25, 0.3) is 15.9 Å². The zero-order valence-electron chi connectivity index (χ0n) is 17.9. The molecule has 0 saturated heterocycles. The van der Waals surface area contributed by atoms with Crippen molar-refractivity contribution in [3.63, 3.8) is 0 Å². The molecule has 32 heavy (non-hydrogen) atoms. The first-order valence-electron chi connectivity index (χ1n) is 10.0. The molecule has 0 spiro atoms. The minimum absolute atomic E-state index is 0.216. The summed E-state index contributed by atoms with van der Waals surface area (Å²) in [5.74, 6) is -0.850. The first-order chi connectivity index (χ1) is 15.3. The average Bonchev–Trinajstić information content (AvgIpc) is 2.80. The lowest BCUT2D eigenvalue weighted by atomic mass is 9.99. The summed E-state index contributed by atoms with van der Waals surface area (Å²) < 4.78 is 32.2. The fourth-order valence-electron chi connectivity index (χ4n) is 3.91. The summed E-state index contributed by atoms with van der Waals surface area (Å²) in [5.41, 5.74) is 3.60. The third kappa shape index (κ3) is 3.42. The molecule has 0 atom stereocenters. The number of anilines is 2. The van der Waals surface area contributed by atoms with Crippen LogP contribution in [-0.4, -0.2) is 33.9 Å². The highest BCUT2D eigenvalue weighted by Gasteiger charge is 2.34. The van der Waals surface area contributed by atoms with Crippen LogP contribution in [0.5, 0.6) is 0 Å². The van der Waals surface area contributed by atoms with Crippen LogP contribution < -0.4 is 9.62 Å². The topological polar surface area (TPSA) is 92.8 Å². The summed E-state index contributed by atoms with van der Waals surface area (Å²) in [7, 11) is -2.36. The maximum absolute atomic E-state index is 13.0. The Labute approximate surface area is 186 Å². The minimum Gasteiger partial charge on any atom is -0.465 e. The van der Waals surface area contributed by atoms with E-state index < -0.39 is 16.0 Å². The van der Waals surface area contributed by atoms with Crippen LogP contribution in [0.4, 0.5) is 11.4 Å². The van der Waals surface area contributed by atoms with Crippen molar-refractivity contribution in [2.45, 2.75) is 18.7 Å². The van der Waals surface area contributed by atoms with Crippen molar-refractivity contribution in [1.29, 1.82) is 0 Å². The van der Waals surface area contributed by atoms with E-state index in [-0.39, 0.29) is 17.3 Å². The number of hydrogen-bond donors (Lipinski definition) is 1. The molecular formula is C24H22N2O5S. The quantitative estimate of drug-likeness (QED) is 0.601. The Hall–Kier alpha value is -3.65. The van der Waals surface area contributed by atoms with Crippen molar-refractivity contribution in [2.24, 2.45) is 0 Å². The fraction of sp³-hybridized carbons (Fsp3) is 0.167. The molecule has 8 heteroatoms. The number of carbonyl (C=O) groups excluding carboxylic acids is 2. The van der Waals surface area contributed by atoms with Crippen LogP contribution in [0.1, 0.15) is 33.2 Å². The highest BCUT2D eigenvalue weighted by Crippen LogP contribution is 2.43. The lowest BCUT2D eigenvalue weighted by Crippen LogP contribution is -2.34. The third-order valence-corrected chi connectivity index (χ3v) is 7.49. The predicted molar refractivity (Wildman–Crippen MR) is 123 cm³/mol. The van der Waals surface area contributed by atoms with Crippen molar-refractivity contribution in [2.75, 3.05) is 23.3 Å². The Bertz CT molecular complexity index is 1350. The molecule has 1 aliphatic heterocycles. The maximum atomic E-state index is 13.0. The van der Waals surface area contributed by atoms with Gasteiger partial charge in [-0.1, -0.05) is 24.3 Å². The maximum Gasteiger partial charge on any atom is 0.338 e. The number of benzene rings is 3. The van der Waals surface area contributed by atoms with Gasteiger partial charge in [0.05, 0.1) is 23.3 Å². The highest BCUT2D eigenvalue weighted by molar-refractivity contribution is 7.93. The lowest BCUT2D eigenvalue weighted by Gasteiger charge is -2.31. The second-order valence-corrected chi connectivity index (χ2v) is 9.15. The molecule has 0 bridgehead atoms. The van der Waals surface area contributed by atoms with Crippen molar-refractivity contribution in [3.05, 3.63) is 77.4 Å². The first-order valence-corrected chi connectivity index (χ1v) is 11.5. The normalized spacial score (nSPS) is 13.7. The number of esters is 1. The second kappa shape index (κ2) is 8.12. The fourth-order valence-corrected chi connectivity index (χ4v) is 5.61. The first kappa shape index (κ1) is 21.6. The van der Waals surface area contributed by atoms with Gasteiger partial charge in [0.1, 0.15) is 0 Å². The van der Waals surface area contributed by atoms with Crippen LogP contribution in [-0.2, 0) is 14.8 Å². The second-order valence-electron chi connectivity index (χ2n) is 7.32. The molecule has 1 N–H and O–H groups in total. The van der Waals surface area contributed by atoms with E-state index in [9.17, 15) is 18.0 Å². The van der Waals surface area contributed by atoms with E-state index in [1.54, 1.807) is 74.5 Å². The molecule has 7 nitrogen and oxygen atoms in total. The largest absolute Gasteiger partial charge is 0.465 e. The van der Waals surface area contributed by atoms with Gasteiger partial charge in [0.2, 0.25) is 0 Å². The number of carbonyl (C=O) groups is 2. The van der Waals surface area contributed by atoms with Crippen LogP contribution in [0.25, 0.3) is 11.1 Å². The standard InChI is InChI=1S/C24H22N2O5S/c1-4-26-21-13-12-16(14-19(21)18-8-5-6-11-22(18)32(26,29)30)23(27)25-20-10-7-9-17(15(20)2)24(28)31-3/h5-14H,4H2,1-3H3,(H,25,27). The van der Waals surface area contributed by atoms with Crippen LogP contribution in [0, 0.1) is 6.92 Å². The lowest BCUT2D eigenvalue weighted by molar-refractivity contribution is 0.0599. The van der Waals surface area contributed by atoms with Crippen molar-refractivity contribution in [1.82, 2.24) is 0 Å². The van der Waals surface area contributed by atoms with Crippen LogP contribution in [0.2, 0.25) is 0 Å². The number of amides is 1. The summed E-state index contributed by atoms with van der Waals surface area (Å²) in [5, 5.41) is 2.84. The van der Waals surface area contributed by atoms with Crippen LogP contribution in [0.15, 0.2) is 65.6 Å². The molecule has 4 rings (SSSR count). The van der Waals surface area contributed by atoms with Gasteiger partial charge in [0.15, 0.2) is 0 Å². The number of rotatable bonds is 4. The molecule has 0 radical (unpaired) electrons. The van der Waals surface area contributed by atoms with E-state index in [0.29, 0.717) is 39.2 Å². The molecule has 0 unspecified atom stereocenters. The molecular weight excluding hydrogens is 428 g/mol. The van der Waals surface area contributed by atoms with Gasteiger partial charge >= 0.3 is 5.97 Å². The number of nitrogens with one attached hydrogen (secondary N) is 1. The molecule has 3 aromatic rings. The van der Waals surface area contributed by atoms with E-state index in [0.717, 1.165) is 0 Å². The minimum atomic E-state index is -3.66. The number of fused-ring (bicyclic) bond motifs is 3. The number of nitrogens with zero attached hydrogens (tertiary/aromatic N) is 1. The van der Waals surface area contributed by atoms with Gasteiger partial charge in [-0.05, 0) is 55.8 Å². The molecule has 0 aromatic heterocycles. The molecule has 0 saturated carbocycles. The van der Waals surface area contributed by atoms with Crippen molar-refractivity contribution < 1.29 is 22.7 Å². The van der Waals surface area contributed by atoms with E-state index >= 15 is 0 Å². The van der Waals surface area contributed by atoms with E-state index in [2.05, 4.69) is 5.32 Å². The number of hydrogen-bond acceptors (Lipinski definition) is 5. The Morgan fingerprint density at radius 2 is 1.75 bits per heavy atom. The van der Waals surface area contributed by atoms with Crippen LogP contribution >= 0.6 is 0 Å². The summed E-state index contributed by atoms with van der Waals surface area (Å²) >= 11 is 0. The predicted octanol–water partition coefficient (Wildman–Crippen LogP) is 4.23. The van der Waals surface area contributed by atoms with Gasteiger partial charge in [-0.25, -0.2) is 13.2 Å². The zero-order chi connectivity index (χ0) is 23.0. The molecule has 1 amide bonds. The SMILES string of the molecule is CCN1c2ccc(C(=O)Nc3cccc(C(=O)OC)c3C)cc2-c2ccccc2S1(=O)=O. The van der Waals surface area contributed by atoms with Gasteiger partial charge in [-0.15, -0.1) is 0 Å². The van der Waals surface area contributed by atoms with Gasteiger partial charge in [-0.3, -0.25) is 9.10 Å². The number of methoxy groups -OCH3 is 1. The summed E-state index contributed by atoms with van der Waals surface area (Å²) in [4.78, 5) is 25.2. The Morgan fingerprint density at radius 1 is 1.00 bits per heavy atom. The van der Waals surface area contributed by atoms with Crippen molar-refractivity contribution in [3.8, 4) is 11.1 Å². The van der Waals surface area contributed by atoms with Crippen molar-refractivity contribution >= 4 is 33.3 Å². The summed E-state index contributed by atoms with van der Waals surface area (Å²) in [6, 6.07) is 16.7. The van der Waals surface area contributed by atoms with E-state index in [1.807, 2.05) is 0 Å². The molecule has 0 aliphatic carbocycles. The zero-order valence-corrected chi connectivity index (χ0v) is 18.7. The summed E-state index contributed by atoms with van der Waals surface area (Å²) in [6.07, 6.45) is 0. The molecule has 3 aromatic carbocycles. The molecule has 0 fully saturated rings. The highest BCUT2D eigenvalue weighted by atomic mass is 32.2. The molecule has 1 heterocycles. The van der Waals surface area contributed by atoms with Gasteiger partial charge in [-0.2, -0.15) is 0 Å². The number of sulfonamides is 1. The molecule has 1 aliphatic rings. The number of ether oxygens (including phenoxy) is 1. The van der Waals surface area contributed by atoms with Gasteiger partial charge in [0, 0.05) is 28.9 Å². The Morgan fingerprint density at radius 3 is 2.47 bits per heavy atom. The Balaban J connectivity index is 1.75. The van der Waals surface area contributed by atoms with Gasteiger partial charge < -0.3 is 10.1 Å². The average molecular weight is 451 g/mol.